The fourth-order valence-corrected chi connectivity index (χ4v) is 4.94. The Morgan fingerprint density at radius 3 is 2.42 bits per heavy atom. The van der Waals surface area contributed by atoms with Crippen molar-refractivity contribution in [1.82, 2.24) is 19.9 Å². The number of hydrogen-bond donors (Lipinski definition) is 2. The zero-order valence-corrected chi connectivity index (χ0v) is 22.2. The number of aromatic nitrogens is 4. The van der Waals surface area contributed by atoms with Crippen molar-refractivity contribution in [1.29, 1.82) is 0 Å². The molecule has 210 valence electrons. The smallest absolute Gasteiger partial charge is 0.317 e. The number of benzene rings is 1. The SMILES string of the molecule is CC1(C(=O)OC2(C(N)=O)CC2)COC(c2nc(-c3ccc(F)cc3)c(-c3ccnc(N4CCCCC4)n3)[nH]2)OC1. The van der Waals surface area contributed by atoms with Gasteiger partial charge in [-0.1, -0.05) is 0 Å². The zero-order chi connectivity index (χ0) is 27.9. The lowest BCUT2D eigenvalue weighted by Gasteiger charge is -2.35. The molecule has 0 radical (unpaired) electrons. The van der Waals surface area contributed by atoms with Crippen LogP contribution in [0.15, 0.2) is 36.5 Å². The Labute approximate surface area is 230 Å². The molecule has 11 nitrogen and oxygen atoms in total. The van der Waals surface area contributed by atoms with E-state index in [0.717, 1.165) is 25.9 Å². The van der Waals surface area contributed by atoms with Gasteiger partial charge in [-0.15, -0.1) is 0 Å². The van der Waals surface area contributed by atoms with Crippen LogP contribution in [0.1, 0.15) is 51.1 Å². The monoisotopic (exact) mass is 550 g/mol. The van der Waals surface area contributed by atoms with Gasteiger partial charge in [-0.05, 0) is 56.5 Å². The van der Waals surface area contributed by atoms with Crippen LogP contribution in [0.3, 0.4) is 0 Å². The number of anilines is 1. The molecular weight excluding hydrogens is 519 g/mol. The highest BCUT2D eigenvalue weighted by atomic mass is 19.1. The third kappa shape index (κ3) is 5.04. The molecule has 3 aromatic rings. The summed E-state index contributed by atoms with van der Waals surface area (Å²) in [5, 5.41) is 0. The molecule has 2 saturated heterocycles. The van der Waals surface area contributed by atoms with Gasteiger partial charge in [-0.25, -0.2) is 19.3 Å². The van der Waals surface area contributed by atoms with E-state index < -0.39 is 29.2 Å². The topological polar surface area (TPSA) is 146 Å². The minimum atomic E-state index is -1.22. The highest BCUT2D eigenvalue weighted by Crippen LogP contribution is 2.42. The number of imidazole rings is 1. The van der Waals surface area contributed by atoms with Crippen LogP contribution in [0.5, 0.6) is 0 Å². The van der Waals surface area contributed by atoms with E-state index in [1.807, 2.05) is 0 Å². The highest BCUT2D eigenvalue weighted by molar-refractivity contribution is 5.90. The first-order chi connectivity index (χ1) is 19.3. The number of rotatable bonds is 7. The molecule has 3 N–H and O–H groups in total. The molecule has 0 spiro atoms. The van der Waals surface area contributed by atoms with Crippen molar-refractivity contribution >= 4 is 17.8 Å². The minimum absolute atomic E-state index is 0.0140. The minimum Gasteiger partial charge on any atom is -0.448 e. The summed E-state index contributed by atoms with van der Waals surface area (Å²) in [7, 11) is 0. The highest BCUT2D eigenvalue weighted by Gasteiger charge is 2.55. The zero-order valence-electron chi connectivity index (χ0n) is 22.2. The molecule has 0 atom stereocenters. The molecule has 1 saturated carbocycles. The van der Waals surface area contributed by atoms with E-state index in [2.05, 4.69) is 14.9 Å². The number of nitrogens with one attached hydrogen (secondary N) is 1. The summed E-state index contributed by atoms with van der Waals surface area (Å²) in [5.74, 6) is -0.587. The average molecular weight is 551 g/mol. The molecule has 1 aromatic carbocycles. The second-order valence-electron chi connectivity index (χ2n) is 10.9. The molecule has 3 aliphatic rings. The number of ether oxygens (including phenoxy) is 3. The van der Waals surface area contributed by atoms with Crippen LogP contribution < -0.4 is 10.6 Å². The number of esters is 1. The van der Waals surface area contributed by atoms with Gasteiger partial charge < -0.3 is 29.8 Å². The number of H-pyrrole nitrogens is 1. The summed E-state index contributed by atoms with van der Waals surface area (Å²) in [6, 6.07) is 7.83. The molecule has 3 fully saturated rings. The Kier molecular flexibility index (Phi) is 6.75. The second kappa shape index (κ2) is 10.3. The Morgan fingerprint density at radius 2 is 1.77 bits per heavy atom. The van der Waals surface area contributed by atoms with Gasteiger partial charge >= 0.3 is 5.97 Å². The Balaban J connectivity index is 1.26. The van der Waals surface area contributed by atoms with Crippen LogP contribution in [-0.4, -0.2) is 63.7 Å². The number of carbonyl (C=O) groups excluding carboxylic acids is 2. The summed E-state index contributed by atoms with van der Waals surface area (Å²) in [4.78, 5) is 44.1. The molecule has 12 heteroatoms. The predicted molar refractivity (Wildman–Crippen MR) is 141 cm³/mol. The summed E-state index contributed by atoms with van der Waals surface area (Å²) in [6.07, 6.45) is 5.02. The summed E-state index contributed by atoms with van der Waals surface area (Å²) in [6.45, 7) is 3.42. The number of aromatic amines is 1. The van der Waals surface area contributed by atoms with Crippen molar-refractivity contribution in [3.8, 4) is 22.6 Å². The maximum Gasteiger partial charge on any atom is 0.317 e. The summed E-state index contributed by atoms with van der Waals surface area (Å²) in [5.41, 5.74) is 5.53. The standard InChI is InChI=1S/C28H31FN6O5/c1-27(25(37)40-28(10-11-28)24(30)36)15-38-23(39-16-27)22-33-20(17-5-7-18(29)8-6-17)21(34-22)19-9-12-31-26(32-19)35-13-3-2-4-14-35/h5-9,12,23H,2-4,10-11,13-16H2,1H3,(H2,30,36)(H,33,34). The van der Waals surface area contributed by atoms with E-state index in [-0.39, 0.29) is 19.0 Å². The predicted octanol–water partition coefficient (Wildman–Crippen LogP) is 3.28. The third-order valence-corrected chi connectivity index (χ3v) is 7.64. The number of carbonyl (C=O) groups is 2. The average Bonchev–Trinajstić information content (AvgIpc) is 3.63. The molecule has 40 heavy (non-hydrogen) atoms. The molecule has 6 rings (SSSR count). The first kappa shape index (κ1) is 26.3. The van der Waals surface area contributed by atoms with E-state index >= 15 is 0 Å². The van der Waals surface area contributed by atoms with Crippen LogP contribution >= 0.6 is 0 Å². The van der Waals surface area contributed by atoms with E-state index in [4.69, 9.17) is 29.9 Å². The number of halogens is 1. The van der Waals surface area contributed by atoms with Crippen LogP contribution in [0.25, 0.3) is 22.6 Å². The first-order valence-corrected chi connectivity index (χ1v) is 13.5. The van der Waals surface area contributed by atoms with Gasteiger partial charge in [-0.2, -0.15) is 0 Å². The van der Waals surface area contributed by atoms with Gasteiger partial charge in [0.2, 0.25) is 12.2 Å². The van der Waals surface area contributed by atoms with Crippen molar-refractivity contribution in [2.75, 3.05) is 31.2 Å². The van der Waals surface area contributed by atoms with Crippen molar-refractivity contribution in [2.45, 2.75) is 50.9 Å². The Morgan fingerprint density at radius 1 is 1.07 bits per heavy atom. The van der Waals surface area contributed by atoms with Gasteiger partial charge in [0.25, 0.3) is 5.91 Å². The Hall–Kier alpha value is -3.90. The number of hydrogen-bond acceptors (Lipinski definition) is 9. The quantitative estimate of drug-likeness (QED) is 0.423. The van der Waals surface area contributed by atoms with E-state index in [9.17, 15) is 14.0 Å². The van der Waals surface area contributed by atoms with Crippen molar-refractivity contribution in [3.05, 3.63) is 48.2 Å². The molecule has 2 aliphatic heterocycles. The maximum absolute atomic E-state index is 13.7. The largest absolute Gasteiger partial charge is 0.448 e. The van der Waals surface area contributed by atoms with Crippen molar-refractivity contribution in [3.63, 3.8) is 0 Å². The van der Waals surface area contributed by atoms with Gasteiger partial charge in [-0.3, -0.25) is 9.59 Å². The lowest BCUT2D eigenvalue weighted by Crippen LogP contribution is -2.47. The van der Waals surface area contributed by atoms with Gasteiger partial charge in [0, 0.05) is 37.7 Å². The van der Waals surface area contributed by atoms with Crippen LogP contribution in [-0.2, 0) is 23.8 Å². The van der Waals surface area contributed by atoms with Crippen molar-refractivity contribution in [2.24, 2.45) is 11.1 Å². The van der Waals surface area contributed by atoms with Gasteiger partial charge in [0.1, 0.15) is 11.2 Å². The van der Waals surface area contributed by atoms with Crippen LogP contribution in [0.2, 0.25) is 0 Å². The number of primary amides is 1. The van der Waals surface area contributed by atoms with E-state index in [1.54, 1.807) is 31.3 Å². The van der Waals surface area contributed by atoms with E-state index in [1.165, 1.54) is 18.6 Å². The first-order valence-electron chi connectivity index (χ1n) is 13.5. The molecule has 1 aliphatic carbocycles. The lowest BCUT2D eigenvalue weighted by atomic mass is 9.92. The van der Waals surface area contributed by atoms with Crippen LogP contribution in [0.4, 0.5) is 10.3 Å². The van der Waals surface area contributed by atoms with Gasteiger partial charge in [0.15, 0.2) is 11.4 Å². The summed E-state index contributed by atoms with van der Waals surface area (Å²) < 4.78 is 31.1. The fourth-order valence-electron chi connectivity index (χ4n) is 4.94. The number of amides is 1. The molecule has 0 bridgehead atoms. The fraction of sp³-hybridized carbons (Fsp3) is 0.464. The van der Waals surface area contributed by atoms with Crippen LogP contribution in [0, 0.1) is 11.2 Å². The number of nitrogens with zero attached hydrogens (tertiary/aromatic N) is 4. The summed E-state index contributed by atoms with van der Waals surface area (Å²) >= 11 is 0. The molecule has 2 aromatic heterocycles. The van der Waals surface area contributed by atoms with Crippen molar-refractivity contribution < 1.29 is 28.2 Å². The molecule has 1 amide bonds. The maximum atomic E-state index is 13.7. The Bertz CT molecular complexity index is 1410. The number of piperidine rings is 1. The normalized spacial score (nSPS) is 23.9. The molecule has 0 unspecified atom stereocenters. The van der Waals surface area contributed by atoms with Gasteiger partial charge in [0.05, 0.1) is 30.3 Å². The third-order valence-electron chi connectivity index (χ3n) is 7.64. The molecule has 4 heterocycles. The second-order valence-corrected chi connectivity index (χ2v) is 10.9. The lowest BCUT2D eigenvalue weighted by molar-refractivity contribution is -0.240. The molecular formula is C28H31FN6O5. The van der Waals surface area contributed by atoms with E-state index in [0.29, 0.717) is 47.3 Å². The number of nitrogens with two attached hydrogens (primary N) is 1.